The lowest BCUT2D eigenvalue weighted by Gasteiger charge is -2.19. The van der Waals surface area contributed by atoms with Gasteiger partial charge < -0.3 is 40.1 Å². The van der Waals surface area contributed by atoms with Gasteiger partial charge in [-0.05, 0) is 0 Å². The zero-order valence-electron chi connectivity index (χ0n) is 17.2. The highest BCUT2D eigenvalue weighted by Crippen LogP contribution is 2.30. The molecule has 34 heavy (non-hydrogen) atoms. The van der Waals surface area contributed by atoms with E-state index < -0.39 is 95.9 Å². The van der Waals surface area contributed by atoms with Gasteiger partial charge in [0.2, 0.25) is 0 Å². The third-order valence-electron chi connectivity index (χ3n) is 5.81. The second kappa shape index (κ2) is 9.01. The Labute approximate surface area is 187 Å². The van der Waals surface area contributed by atoms with Crippen molar-refractivity contribution in [2.75, 3.05) is 13.2 Å². The van der Waals surface area contributed by atoms with Gasteiger partial charge in [0, 0.05) is 12.4 Å². The molecule has 0 spiro atoms. The van der Waals surface area contributed by atoms with Gasteiger partial charge in [-0.15, -0.1) is 0 Å². The van der Waals surface area contributed by atoms with Crippen LogP contribution in [-0.4, -0.2) is 99.6 Å². The molecule has 0 amide bonds. The van der Waals surface area contributed by atoms with Crippen LogP contribution < -0.4 is 22.5 Å². The quantitative estimate of drug-likeness (QED) is 0.197. The fraction of sp³-hybridized carbons (Fsp3) is 0.556. The SMILES string of the molecule is O=c1[nH]c(=O)n([C@@H]2O[C@H](CO)[C@@H](O)[C@H]2O)cc1-c1cn([C@@H]2O[C@H](CO)[C@@H](O)[C@H]2O)c(=O)[nH]c1=O. The molecular weight excluding hydrogens is 464 g/mol. The Morgan fingerprint density at radius 2 is 1.03 bits per heavy atom. The monoisotopic (exact) mass is 486 g/mol. The number of aromatic nitrogens is 4. The zero-order valence-corrected chi connectivity index (χ0v) is 17.2. The highest BCUT2D eigenvalue weighted by Gasteiger charge is 2.45. The fourth-order valence-corrected chi connectivity index (χ4v) is 3.95. The first-order chi connectivity index (χ1) is 16.1. The highest BCUT2D eigenvalue weighted by atomic mass is 16.6. The Balaban J connectivity index is 1.82. The van der Waals surface area contributed by atoms with Gasteiger partial charge in [-0.25, -0.2) is 9.59 Å². The summed E-state index contributed by atoms with van der Waals surface area (Å²) in [4.78, 5) is 53.6. The second-order valence-electron chi connectivity index (χ2n) is 7.88. The number of aliphatic hydroxyl groups is 6. The molecule has 0 bridgehead atoms. The van der Waals surface area contributed by atoms with E-state index in [1.54, 1.807) is 0 Å². The lowest BCUT2D eigenvalue weighted by Crippen LogP contribution is -2.40. The molecule has 0 aromatic carbocycles. The van der Waals surface area contributed by atoms with Crippen molar-refractivity contribution in [2.24, 2.45) is 0 Å². The molecule has 2 aliphatic heterocycles. The van der Waals surface area contributed by atoms with Crippen LogP contribution >= 0.6 is 0 Å². The summed E-state index contributed by atoms with van der Waals surface area (Å²) < 4.78 is 12.0. The molecule has 2 aliphatic rings. The zero-order chi connectivity index (χ0) is 24.9. The van der Waals surface area contributed by atoms with Crippen LogP contribution in [0.1, 0.15) is 12.5 Å². The van der Waals surface area contributed by atoms with E-state index in [4.69, 9.17) is 9.47 Å². The van der Waals surface area contributed by atoms with Crippen molar-refractivity contribution >= 4 is 0 Å². The van der Waals surface area contributed by atoms with Gasteiger partial charge >= 0.3 is 11.4 Å². The molecule has 2 aromatic rings. The Kier molecular flexibility index (Phi) is 6.40. The summed E-state index contributed by atoms with van der Waals surface area (Å²) in [5.41, 5.74) is -5.14. The maximum atomic E-state index is 12.5. The van der Waals surface area contributed by atoms with Gasteiger partial charge in [0.25, 0.3) is 11.1 Å². The maximum Gasteiger partial charge on any atom is 0.330 e. The van der Waals surface area contributed by atoms with Crippen LogP contribution in [0.2, 0.25) is 0 Å². The molecule has 16 nitrogen and oxygen atoms in total. The molecule has 8 atom stereocenters. The average Bonchev–Trinajstić information content (AvgIpc) is 3.24. The minimum atomic E-state index is -1.67. The predicted octanol–water partition coefficient (Wildman–Crippen LogP) is -5.72. The van der Waals surface area contributed by atoms with Crippen LogP contribution in [0, 0.1) is 0 Å². The molecule has 0 aliphatic carbocycles. The molecule has 0 unspecified atom stereocenters. The summed E-state index contributed by atoms with van der Waals surface area (Å²) in [6.45, 7) is -1.34. The Morgan fingerprint density at radius 3 is 1.32 bits per heavy atom. The van der Waals surface area contributed by atoms with E-state index in [2.05, 4.69) is 0 Å². The summed E-state index contributed by atoms with van der Waals surface area (Å²) in [5.74, 6) is 0. The number of aliphatic hydroxyl groups excluding tert-OH is 6. The molecule has 0 saturated carbocycles. The fourth-order valence-electron chi connectivity index (χ4n) is 3.95. The van der Waals surface area contributed by atoms with Gasteiger partial charge in [-0.1, -0.05) is 0 Å². The van der Waals surface area contributed by atoms with E-state index in [9.17, 15) is 49.8 Å². The van der Waals surface area contributed by atoms with E-state index in [1.807, 2.05) is 9.97 Å². The smallest absolute Gasteiger partial charge is 0.330 e. The second-order valence-corrected chi connectivity index (χ2v) is 7.88. The van der Waals surface area contributed by atoms with Crippen molar-refractivity contribution in [3.63, 3.8) is 0 Å². The Morgan fingerprint density at radius 1 is 0.676 bits per heavy atom. The highest BCUT2D eigenvalue weighted by molar-refractivity contribution is 5.59. The lowest BCUT2D eigenvalue weighted by molar-refractivity contribution is -0.0551. The first-order valence-electron chi connectivity index (χ1n) is 10.0. The Hall–Kier alpha value is -2.96. The summed E-state index contributed by atoms with van der Waals surface area (Å²) in [7, 11) is 0. The van der Waals surface area contributed by atoms with Crippen molar-refractivity contribution in [3.05, 3.63) is 54.1 Å². The number of nitrogens with one attached hydrogen (secondary N) is 2. The van der Waals surface area contributed by atoms with Crippen molar-refractivity contribution in [2.45, 2.75) is 49.1 Å². The summed E-state index contributed by atoms with van der Waals surface area (Å²) in [5, 5.41) is 58.8. The van der Waals surface area contributed by atoms with Gasteiger partial charge in [0.15, 0.2) is 12.5 Å². The van der Waals surface area contributed by atoms with Crippen LogP contribution in [0.5, 0.6) is 0 Å². The maximum absolute atomic E-state index is 12.5. The molecule has 8 N–H and O–H groups in total. The van der Waals surface area contributed by atoms with Gasteiger partial charge in [-0.2, -0.15) is 0 Å². The van der Waals surface area contributed by atoms with Crippen LogP contribution in [0.3, 0.4) is 0 Å². The van der Waals surface area contributed by atoms with E-state index in [0.717, 1.165) is 12.4 Å². The number of ether oxygens (including phenoxy) is 2. The number of aromatic amines is 2. The van der Waals surface area contributed by atoms with Gasteiger partial charge in [-0.3, -0.25) is 28.7 Å². The normalized spacial score (nSPS) is 33.5. The molecule has 186 valence electrons. The largest absolute Gasteiger partial charge is 0.394 e. The summed E-state index contributed by atoms with van der Waals surface area (Å²) >= 11 is 0. The average molecular weight is 486 g/mol. The molecule has 0 radical (unpaired) electrons. The van der Waals surface area contributed by atoms with Crippen molar-refractivity contribution in [3.8, 4) is 11.1 Å². The third-order valence-corrected chi connectivity index (χ3v) is 5.81. The first-order valence-corrected chi connectivity index (χ1v) is 10.0. The van der Waals surface area contributed by atoms with E-state index in [0.29, 0.717) is 9.13 Å². The third kappa shape index (κ3) is 3.85. The Bertz CT molecular complexity index is 1200. The molecule has 4 heterocycles. The van der Waals surface area contributed by atoms with Crippen LogP contribution in [0.15, 0.2) is 31.6 Å². The lowest BCUT2D eigenvalue weighted by atomic mass is 10.1. The van der Waals surface area contributed by atoms with Gasteiger partial charge in [0.1, 0.15) is 36.6 Å². The van der Waals surface area contributed by atoms with Crippen molar-refractivity contribution in [1.82, 2.24) is 19.1 Å². The minimum Gasteiger partial charge on any atom is -0.394 e. The number of hydrogen-bond acceptors (Lipinski definition) is 12. The van der Waals surface area contributed by atoms with Gasteiger partial charge in [0.05, 0.1) is 24.3 Å². The van der Waals surface area contributed by atoms with Crippen molar-refractivity contribution in [1.29, 1.82) is 0 Å². The van der Waals surface area contributed by atoms with E-state index >= 15 is 0 Å². The minimum absolute atomic E-state index is 0.459. The van der Waals surface area contributed by atoms with Crippen LogP contribution in [-0.2, 0) is 9.47 Å². The number of hydrogen-bond donors (Lipinski definition) is 8. The van der Waals surface area contributed by atoms with Crippen LogP contribution in [0.25, 0.3) is 11.1 Å². The standard InChI is InChI=1S/C18H22N4O12/c23-3-7-9(25)11(27)15(33-7)21-1-5(13(29)19-17(21)31)6-2-22(18(32)20-14(6)30)16-12(28)10(26)8(4-24)34-16/h1-2,7-12,15-16,23-28H,3-4H2,(H,19,29,31)(H,20,30,32)/t7-,8-,9-,10-,11-,12-,15-,16-/m1/s1. The molecular formula is C18H22N4O12. The van der Waals surface area contributed by atoms with E-state index in [-0.39, 0.29) is 0 Å². The molecule has 4 rings (SSSR count). The topological polar surface area (TPSA) is 250 Å². The molecule has 16 heteroatoms. The predicted molar refractivity (Wildman–Crippen MR) is 108 cm³/mol. The molecule has 2 saturated heterocycles. The summed E-state index contributed by atoms with van der Waals surface area (Å²) in [6, 6.07) is 0. The van der Waals surface area contributed by atoms with Crippen molar-refractivity contribution < 1.29 is 40.1 Å². The first kappa shape index (κ1) is 24.2. The number of H-pyrrole nitrogens is 2. The number of nitrogens with zero attached hydrogens (tertiary/aromatic N) is 2. The summed E-state index contributed by atoms with van der Waals surface area (Å²) in [6.07, 6.45) is -10.2. The number of rotatable bonds is 5. The molecule has 2 aromatic heterocycles. The van der Waals surface area contributed by atoms with E-state index in [1.165, 1.54) is 0 Å². The molecule has 2 fully saturated rings. The van der Waals surface area contributed by atoms with Crippen LogP contribution in [0.4, 0.5) is 0 Å².